The first-order valence-electron chi connectivity index (χ1n) is 11.0. The molecule has 0 spiro atoms. The normalized spacial score (nSPS) is 17.7. The fourth-order valence-corrected chi connectivity index (χ4v) is 5.71. The van der Waals surface area contributed by atoms with E-state index in [1.54, 1.807) is 12.1 Å². The number of benzene rings is 2. The van der Waals surface area contributed by atoms with Gasteiger partial charge in [0.05, 0.1) is 29.5 Å². The predicted octanol–water partition coefficient (Wildman–Crippen LogP) is 3.82. The maximum atomic E-state index is 13.2. The lowest BCUT2D eigenvalue weighted by Gasteiger charge is -2.31. The summed E-state index contributed by atoms with van der Waals surface area (Å²) in [5, 5.41) is 6.88. The Morgan fingerprint density at radius 3 is 2.31 bits per heavy atom. The molecule has 2 heterocycles. The molecule has 0 unspecified atom stereocenters. The highest BCUT2D eigenvalue weighted by Gasteiger charge is 2.28. The number of piperidine rings is 1. The molecule has 7 nitrogen and oxygen atoms in total. The third kappa shape index (κ3) is 5.40. The van der Waals surface area contributed by atoms with Gasteiger partial charge >= 0.3 is 0 Å². The number of sulfonamides is 1. The van der Waals surface area contributed by atoms with E-state index in [4.69, 9.17) is 17.0 Å². The first-order valence-corrected chi connectivity index (χ1v) is 12.9. The molecule has 9 heteroatoms. The van der Waals surface area contributed by atoms with Crippen LogP contribution in [0.2, 0.25) is 0 Å². The molecule has 0 aliphatic carbocycles. The van der Waals surface area contributed by atoms with Gasteiger partial charge in [0.2, 0.25) is 10.0 Å². The van der Waals surface area contributed by atoms with Crippen molar-refractivity contribution in [2.75, 3.05) is 54.9 Å². The third-order valence-corrected chi connectivity index (χ3v) is 7.93. The number of anilines is 3. The van der Waals surface area contributed by atoms with Gasteiger partial charge in [0.25, 0.3) is 0 Å². The lowest BCUT2D eigenvalue weighted by molar-refractivity contribution is 0.0730. The fraction of sp³-hybridized carbons (Fsp3) is 0.435. The molecule has 2 aromatic carbocycles. The van der Waals surface area contributed by atoms with E-state index in [9.17, 15) is 8.42 Å². The standard InChI is InChI=1S/C23H30N4O3S2/c1-18-5-7-19(8-6-18)24-23(31)25-21-17-20(32(28,29)27-13-15-30-16-14-27)9-10-22(21)26-11-3-2-4-12-26/h5-10,17H,2-4,11-16H2,1H3,(H2,24,25,31). The number of aryl methyl sites for hydroxylation is 1. The zero-order valence-electron chi connectivity index (χ0n) is 18.3. The van der Waals surface area contributed by atoms with Crippen molar-refractivity contribution in [3.8, 4) is 0 Å². The maximum absolute atomic E-state index is 13.2. The summed E-state index contributed by atoms with van der Waals surface area (Å²) in [6, 6.07) is 13.3. The van der Waals surface area contributed by atoms with Gasteiger partial charge in [-0.1, -0.05) is 17.7 Å². The summed E-state index contributed by atoms with van der Waals surface area (Å²) in [4.78, 5) is 2.56. The number of nitrogens with one attached hydrogen (secondary N) is 2. The molecule has 0 saturated carbocycles. The van der Waals surface area contributed by atoms with Crippen molar-refractivity contribution >= 4 is 44.4 Å². The first-order chi connectivity index (χ1) is 15.4. The van der Waals surface area contributed by atoms with E-state index in [0.29, 0.717) is 37.1 Å². The SMILES string of the molecule is Cc1ccc(NC(=S)Nc2cc(S(=O)(=O)N3CCOCC3)ccc2N2CCCCC2)cc1. The Bertz CT molecular complexity index is 1050. The predicted molar refractivity (Wildman–Crippen MR) is 133 cm³/mol. The largest absolute Gasteiger partial charge is 0.379 e. The van der Waals surface area contributed by atoms with Gasteiger partial charge in [0.1, 0.15) is 0 Å². The molecule has 2 fully saturated rings. The molecule has 0 aromatic heterocycles. The van der Waals surface area contributed by atoms with Crippen LogP contribution in [0.25, 0.3) is 0 Å². The number of hydrogen-bond donors (Lipinski definition) is 2. The highest BCUT2D eigenvalue weighted by molar-refractivity contribution is 7.89. The number of ether oxygens (including phenoxy) is 1. The molecule has 0 radical (unpaired) electrons. The zero-order valence-corrected chi connectivity index (χ0v) is 20.0. The van der Waals surface area contributed by atoms with Crippen LogP contribution in [-0.4, -0.2) is 57.2 Å². The highest BCUT2D eigenvalue weighted by Crippen LogP contribution is 2.32. The number of nitrogens with zero attached hydrogens (tertiary/aromatic N) is 2. The zero-order chi connectivity index (χ0) is 22.6. The van der Waals surface area contributed by atoms with Gasteiger partial charge in [-0.3, -0.25) is 0 Å². The van der Waals surface area contributed by atoms with E-state index < -0.39 is 10.0 Å². The number of thiocarbonyl (C=S) groups is 1. The van der Waals surface area contributed by atoms with E-state index in [-0.39, 0.29) is 4.90 Å². The molecular formula is C23H30N4O3S2. The van der Waals surface area contributed by atoms with Crippen LogP contribution in [0, 0.1) is 6.92 Å². The van der Waals surface area contributed by atoms with Crippen molar-refractivity contribution in [2.45, 2.75) is 31.1 Å². The van der Waals surface area contributed by atoms with Gasteiger partial charge in [-0.05, 0) is 68.7 Å². The molecule has 4 rings (SSSR count). The molecule has 0 bridgehead atoms. The van der Waals surface area contributed by atoms with Crippen molar-refractivity contribution in [3.63, 3.8) is 0 Å². The molecule has 2 aliphatic heterocycles. The van der Waals surface area contributed by atoms with E-state index in [1.165, 1.54) is 16.3 Å². The molecule has 2 saturated heterocycles. The Morgan fingerprint density at radius 2 is 1.62 bits per heavy atom. The second-order valence-electron chi connectivity index (χ2n) is 8.19. The number of morpholine rings is 1. The second kappa shape index (κ2) is 10.2. The van der Waals surface area contributed by atoms with Crippen LogP contribution in [0.3, 0.4) is 0 Å². The lowest BCUT2D eigenvalue weighted by Crippen LogP contribution is -2.40. The van der Waals surface area contributed by atoms with Crippen LogP contribution in [0.4, 0.5) is 17.1 Å². The Kier molecular flexibility index (Phi) is 7.30. The van der Waals surface area contributed by atoms with Gasteiger partial charge in [0, 0.05) is 31.9 Å². The summed E-state index contributed by atoms with van der Waals surface area (Å²) in [5.41, 5.74) is 3.72. The monoisotopic (exact) mass is 474 g/mol. The second-order valence-corrected chi connectivity index (χ2v) is 10.5. The molecular weight excluding hydrogens is 444 g/mol. The van der Waals surface area contributed by atoms with Crippen LogP contribution in [0.5, 0.6) is 0 Å². The van der Waals surface area contributed by atoms with Gasteiger partial charge in [-0.2, -0.15) is 4.31 Å². The van der Waals surface area contributed by atoms with Gasteiger partial charge < -0.3 is 20.3 Å². The Labute approximate surface area is 195 Å². The summed E-state index contributed by atoms with van der Waals surface area (Å²) in [5.74, 6) is 0. The lowest BCUT2D eigenvalue weighted by atomic mass is 10.1. The molecule has 0 atom stereocenters. The summed E-state index contributed by atoms with van der Waals surface area (Å²) in [7, 11) is -3.60. The van der Waals surface area contributed by atoms with Crippen LogP contribution in [0.1, 0.15) is 24.8 Å². The van der Waals surface area contributed by atoms with Crippen molar-refractivity contribution in [1.29, 1.82) is 0 Å². The molecule has 0 amide bonds. The summed E-state index contributed by atoms with van der Waals surface area (Å²) in [6.45, 7) is 5.50. The van der Waals surface area contributed by atoms with E-state index >= 15 is 0 Å². The van der Waals surface area contributed by atoms with Crippen LogP contribution >= 0.6 is 12.2 Å². The fourth-order valence-electron chi connectivity index (χ4n) is 4.04. The average Bonchev–Trinajstić information content (AvgIpc) is 2.81. The average molecular weight is 475 g/mol. The first kappa shape index (κ1) is 23.0. The minimum Gasteiger partial charge on any atom is -0.379 e. The Hall–Kier alpha value is -2.20. The van der Waals surface area contributed by atoms with Crippen molar-refractivity contribution in [3.05, 3.63) is 48.0 Å². The van der Waals surface area contributed by atoms with Crippen LogP contribution < -0.4 is 15.5 Å². The Balaban J connectivity index is 1.61. The topological polar surface area (TPSA) is 73.9 Å². The van der Waals surface area contributed by atoms with Crippen molar-refractivity contribution in [2.24, 2.45) is 0 Å². The van der Waals surface area contributed by atoms with Gasteiger partial charge in [-0.25, -0.2) is 8.42 Å². The van der Waals surface area contributed by atoms with E-state index in [2.05, 4.69) is 15.5 Å². The summed E-state index contributed by atoms with van der Waals surface area (Å²) >= 11 is 5.56. The minimum absolute atomic E-state index is 0.265. The third-order valence-electron chi connectivity index (χ3n) is 5.83. The summed E-state index contributed by atoms with van der Waals surface area (Å²) < 4.78 is 33.2. The smallest absolute Gasteiger partial charge is 0.243 e. The molecule has 32 heavy (non-hydrogen) atoms. The molecule has 172 valence electrons. The highest BCUT2D eigenvalue weighted by atomic mass is 32.2. The van der Waals surface area contributed by atoms with Crippen molar-refractivity contribution < 1.29 is 13.2 Å². The quantitative estimate of drug-likeness (QED) is 0.638. The van der Waals surface area contributed by atoms with E-state index in [0.717, 1.165) is 37.3 Å². The van der Waals surface area contributed by atoms with Crippen LogP contribution in [0.15, 0.2) is 47.4 Å². The van der Waals surface area contributed by atoms with Crippen LogP contribution in [-0.2, 0) is 14.8 Å². The van der Waals surface area contributed by atoms with Gasteiger partial charge in [-0.15, -0.1) is 0 Å². The number of hydrogen-bond acceptors (Lipinski definition) is 5. The molecule has 2 aromatic rings. The molecule has 2 N–H and O–H groups in total. The maximum Gasteiger partial charge on any atom is 0.243 e. The minimum atomic E-state index is -3.60. The molecule has 2 aliphatic rings. The Morgan fingerprint density at radius 1 is 0.938 bits per heavy atom. The van der Waals surface area contributed by atoms with Crippen molar-refractivity contribution in [1.82, 2.24) is 4.31 Å². The van der Waals surface area contributed by atoms with E-state index in [1.807, 2.05) is 37.3 Å². The number of rotatable bonds is 5. The summed E-state index contributed by atoms with van der Waals surface area (Å²) in [6.07, 6.45) is 3.47. The van der Waals surface area contributed by atoms with Gasteiger partial charge in [0.15, 0.2) is 5.11 Å².